The molecule has 7 nitrogen and oxygen atoms in total. The van der Waals surface area contributed by atoms with Gasteiger partial charge in [-0.3, -0.25) is 4.79 Å². The Balaban J connectivity index is 1.92. The third-order valence-corrected chi connectivity index (χ3v) is 7.56. The zero-order valence-corrected chi connectivity index (χ0v) is 21.2. The lowest BCUT2D eigenvalue weighted by atomic mass is 10.2. The minimum atomic E-state index is -4.05. The van der Waals surface area contributed by atoms with E-state index in [1.54, 1.807) is 48.5 Å². The summed E-state index contributed by atoms with van der Waals surface area (Å²) in [6.07, 6.45) is 0. The molecule has 34 heavy (non-hydrogen) atoms. The van der Waals surface area contributed by atoms with Gasteiger partial charge < -0.3 is 14.8 Å². The monoisotopic (exact) mass is 522 g/mol. The first kappa shape index (κ1) is 25.8. The fraction of sp³-hybridized carbons (Fsp3) is 0.208. The molecule has 0 aliphatic rings. The maximum atomic E-state index is 13.5. The second kappa shape index (κ2) is 11.1. The van der Waals surface area contributed by atoms with Crippen LogP contribution in [0.2, 0.25) is 10.0 Å². The van der Waals surface area contributed by atoms with E-state index in [1.165, 1.54) is 26.4 Å². The highest BCUT2D eigenvalue weighted by Gasteiger charge is 2.28. The molecule has 0 fully saturated rings. The summed E-state index contributed by atoms with van der Waals surface area (Å²) in [6, 6.07) is 16.1. The maximum Gasteiger partial charge on any atom is 0.243 e. The Morgan fingerprint density at radius 1 is 0.941 bits per heavy atom. The lowest BCUT2D eigenvalue weighted by Crippen LogP contribution is -2.37. The number of ether oxygens (including phenoxy) is 2. The zero-order chi connectivity index (χ0) is 24.9. The fourth-order valence-corrected chi connectivity index (χ4v) is 5.10. The normalized spacial score (nSPS) is 11.4. The van der Waals surface area contributed by atoms with Crippen molar-refractivity contribution in [3.05, 3.63) is 81.8 Å². The molecule has 0 aromatic heterocycles. The summed E-state index contributed by atoms with van der Waals surface area (Å²) in [7, 11) is -1.07. The Labute approximate surface area is 209 Å². The lowest BCUT2D eigenvalue weighted by Gasteiger charge is -2.23. The van der Waals surface area contributed by atoms with Crippen molar-refractivity contribution in [3.63, 3.8) is 0 Å². The largest absolute Gasteiger partial charge is 0.493 e. The van der Waals surface area contributed by atoms with Crippen LogP contribution in [0.25, 0.3) is 0 Å². The summed E-state index contributed by atoms with van der Waals surface area (Å²) in [5.41, 5.74) is 1.73. The molecule has 0 spiro atoms. The fourth-order valence-electron chi connectivity index (χ4n) is 3.22. The number of methoxy groups -OCH3 is 2. The van der Waals surface area contributed by atoms with E-state index < -0.39 is 22.5 Å². The number of rotatable bonds is 9. The number of hydrogen-bond donors (Lipinski definition) is 1. The van der Waals surface area contributed by atoms with Gasteiger partial charge in [0.15, 0.2) is 11.5 Å². The highest BCUT2D eigenvalue weighted by Crippen LogP contribution is 2.31. The maximum absolute atomic E-state index is 13.5. The van der Waals surface area contributed by atoms with Gasteiger partial charge in [0.25, 0.3) is 0 Å². The SMILES string of the molecule is COc1ccc(NC(=O)CN(Cc2c(Cl)cccc2Cl)S(=O)(=O)c2ccc(C)cc2)cc1OC. The van der Waals surface area contributed by atoms with E-state index >= 15 is 0 Å². The Hall–Kier alpha value is -2.78. The molecule has 0 heterocycles. The molecule has 1 N–H and O–H groups in total. The number of amides is 1. The third-order valence-electron chi connectivity index (χ3n) is 5.04. The van der Waals surface area contributed by atoms with E-state index in [0.29, 0.717) is 32.8 Å². The van der Waals surface area contributed by atoms with Crippen LogP contribution in [0.1, 0.15) is 11.1 Å². The number of carbonyl (C=O) groups is 1. The first-order valence-corrected chi connectivity index (χ1v) is 12.4. The van der Waals surface area contributed by atoms with Crippen molar-refractivity contribution in [3.8, 4) is 11.5 Å². The lowest BCUT2D eigenvalue weighted by molar-refractivity contribution is -0.116. The topological polar surface area (TPSA) is 84.9 Å². The third kappa shape index (κ3) is 6.01. The van der Waals surface area contributed by atoms with Crippen molar-refractivity contribution in [1.29, 1.82) is 0 Å². The molecule has 3 rings (SSSR count). The van der Waals surface area contributed by atoms with Gasteiger partial charge in [0.05, 0.1) is 25.7 Å². The molecule has 0 aliphatic heterocycles. The number of nitrogens with zero attached hydrogens (tertiary/aromatic N) is 1. The molecule has 0 bridgehead atoms. The predicted molar refractivity (Wildman–Crippen MR) is 133 cm³/mol. The van der Waals surface area contributed by atoms with E-state index in [9.17, 15) is 13.2 Å². The smallest absolute Gasteiger partial charge is 0.243 e. The van der Waals surface area contributed by atoms with E-state index in [1.807, 2.05) is 6.92 Å². The van der Waals surface area contributed by atoms with Gasteiger partial charge in [-0.15, -0.1) is 0 Å². The van der Waals surface area contributed by atoms with Gasteiger partial charge in [-0.05, 0) is 43.3 Å². The number of hydrogen-bond acceptors (Lipinski definition) is 5. The molecule has 0 radical (unpaired) electrons. The second-order valence-electron chi connectivity index (χ2n) is 7.40. The average Bonchev–Trinajstić information content (AvgIpc) is 2.80. The summed E-state index contributed by atoms with van der Waals surface area (Å²) < 4.78 is 38.4. The second-order valence-corrected chi connectivity index (χ2v) is 10.2. The Bertz CT molecular complexity index is 1260. The summed E-state index contributed by atoms with van der Waals surface area (Å²) >= 11 is 12.6. The highest BCUT2D eigenvalue weighted by atomic mass is 35.5. The number of carbonyl (C=O) groups excluding carboxylic acids is 1. The van der Waals surface area contributed by atoms with Gasteiger partial charge >= 0.3 is 0 Å². The van der Waals surface area contributed by atoms with Crippen LogP contribution in [-0.2, 0) is 21.4 Å². The summed E-state index contributed by atoms with van der Waals surface area (Å²) in [6.45, 7) is 1.20. The summed E-state index contributed by atoms with van der Waals surface area (Å²) in [4.78, 5) is 13.0. The molecule has 3 aromatic carbocycles. The molecule has 3 aromatic rings. The minimum Gasteiger partial charge on any atom is -0.493 e. The molecular weight excluding hydrogens is 499 g/mol. The number of nitrogens with one attached hydrogen (secondary N) is 1. The Kier molecular flexibility index (Phi) is 8.43. The van der Waals surface area contributed by atoms with E-state index in [2.05, 4.69) is 5.32 Å². The van der Waals surface area contributed by atoms with Crippen LogP contribution >= 0.6 is 23.2 Å². The molecule has 0 aliphatic carbocycles. The van der Waals surface area contributed by atoms with E-state index in [4.69, 9.17) is 32.7 Å². The van der Waals surface area contributed by atoms with Crippen molar-refractivity contribution in [2.24, 2.45) is 0 Å². The van der Waals surface area contributed by atoms with Gasteiger partial charge in [-0.25, -0.2) is 8.42 Å². The number of benzene rings is 3. The molecule has 0 atom stereocenters. The van der Waals surface area contributed by atoms with Crippen LogP contribution in [0.15, 0.2) is 65.6 Å². The number of sulfonamides is 1. The van der Waals surface area contributed by atoms with Crippen LogP contribution in [0.4, 0.5) is 5.69 Å². The van der Waals surface area contributed by atoms with Crippen LogP contribution < -0.4 is 14.8 Å². The van der Waals surface area contributed by atoms with Gasteiger partial charge in [-0.2, -0.15) is 4.31 Å². The molecule has 10 heteroatoms. The van der Waals surface area contributed by atoms with Crippen LogP contribution in [0.5, 0.6) is 11.5 Å². The first-order chi connectivity index (χ1) is 16.1. The van der Waals surface area contributed by atoms with Crippen molar-refractivity contribution in [2.45, 2.75) is 18.4 Å². The Morgan fingerprint density at radius 3 is 2.15 bits per heavy atom. The van der Waals surface area contributed by atoms with Gasteiger partial charge in [0, 0.05) is 33.9 Å². The summed E-state index contributed by atoms with van der Waals surface area (Å²) in [5.74, 6) is 0.371. The van der Waals surface area contributed by atoms with Gasteiger partial charge in [-0.1, -0.05) is 47.0 Å². The van der Waals surface area contributed by atoms with Crippen LogP contribution in [-0.4, -0.2) is 39.4 Å². The molecule has 0 saturated carbocycles. The predicted octanol–water partition coefficient (Wildman–Crippen LogP) is 5.15. The van der Waals surface area contributed by atoms with Crippen molar-refractivity contribution < 1.29 is 22.7 Å². The standard InChI is InChI=1S/C24H24Cl2N2O5S/c1-16-7-10-18(11-8-16)34(30,31)28(14-19-20(25)5-4-6-21(19)26)15-24(29)27-17-9-12-22(32-2)23(13-17)33-3/h4-13H,14-15H2,1-3H3,(H,27,29). The average molecular weight is 523 g/mol. The van der Waals surface area contributed by atoms with E-state index in [-0.39, 0.29) is 11.4 Å². The van der Waals surface area contributed by atoms with Crippen LogP contribution in [0, 0.1) is 6.92 Å². The van der Waals surface area contributed by atoms with E-state index in [0.717, 1.165) is 9.87 Å². The molecule has 180 valence electrons. The quantitative estimate of drug-likeness (QED) is 0.420. The first-order valence-electron chi connectivity index (χ1n) is 10.2. The van der Waals surface area contributed by atoms with Crippen molar-refractivity contribution >= 4 is 44.8 Å². The van der Waals surface area contributed by atoms with Crippen molar-refractivity contribution in [1.82, 2.24) is 4.31 Å². The zero-order valence-electron chi connectivity index (χ0n) is 18.8. The summed E-state index contributed by atoms with van der Waals surface area (Å²) in [5, 5.41) is 3.30. The Morgan fingerprint density at radius 2 is 1.56 bits per heavy atom. The molecule has 1 amide bonds. The van der Waals surface area contributed by atoms with Gasteiger partial charge in [0.2, 0.25) is 15.9 Å². The number of aryl methyl sites for hydroxylation is 1. The molecule has 0 saturated heterocycles. The molecule has 0 unspecified atom stereocenters. The molecular formula is C24H24Cl2N2O5S. The minimum absolute atomic E-state index is 0.0557. The van der Waals surface area contributed by atoms with Crippen molar-refractivity contribution in [2.75, 3.05) is 26.1 Å². The van der Waals surface area contributed by atoms with Crippen LogP contribution in [0.3, 0.4) is 0 Å². The number of anilines is 1. The highest BCUT2D eigenvalue weighted by molar-refractivity contribution is 7.89. The number of halogens is 2. The van der Waals surface area contributed by atoms with Gasteiger partial charge in [0.1, 0.15) is 0 Å².